The zero-order valence-electron chi connectivity index (χ0n) is 4.61. The minimum Gasteiger partial charge on any atom is -0.272 e. The van der Waals surface area contributed by atoms with Gasteiger partial charge in [-0.15, -0.1) is 24.8 Å². The molecule has 1 aliphatic rings. The zero-order chi connectivity index (χ0) is 5.11. The third kappa shape index (κ3) is 4.18. The molecule has 1 aliphatic heterocycles. The van der Waals surface area contributed by atoms with Crippen molar-refractivity contribution in [3.63, 3.8) is 0 Å². The van der Waals surface area contributed by atoms with E-state index in [4.69, 9.17) is 0 Å². The second-order valence-corrected chi connectivity index (χ2v) is 1.30. The van der Waals surface area contributed by atoms with E-state index in [1.54, 1.807) is 12.2 Å². The van der Waals surface area contributed by atoms with Gasteiger partial charge in [0.1, 0.15) is 0 Å². The first-order valence-corrected chi connectivity index (χ1v) is 2.11. The Balaban J connectivity index is 0. The second kappa shape index (κ2) is 5.79. The molecule has 1 heterocycles. The van der Waals surface area contributed by atoms with E-state index < -0.39 is 0 Å². The van der Waals surface area contributed by atoms with Gasteiger partial charge in [0.25, 0.3) is 0 Å². The number of hydrogen-bond donors (Lipinski definition) is 0. The van der Waals surface area contributed by atoms with Gasteiger partial charge in [-0.3, -0.25) is 4.79 Å². The maximum Gasteiger partial charge on any atom is 0.249 e. The first kappa shape index (κ1) is 11.5. The summed E-state index contributed by atoms with van der Waals surface area (Å²) in [5.41, 5.74) is 0. The molecule has 4 heteroatoms. The van der Waals surface area contributed by atoms with Gasteiger partial charge < -0.3 is 0 Å². The number of allylic oxidation sites excluding steroid dienone is 1. The molecule has 0 aromatic carbocycles. The average Bonchev–Trinajstić information content (AvgIpc) is 1.69. The molecule has 0 radical (unpaired) electrons. The van der Waals surface area contributed by atoms with Crippen LogP contribution in [0.3, 0.4) is 0 Å². The quantitative estimate of drug-likeness (QED) is 0.537. The molecule has 0 bridgehead atoms. The van der Waals surface area contributed by atoms with Gasteiger partial charge in [-0.25, -0.2) is 4.99 Å². The molecule has 0 saturated heterocycles. The van der Waals surface area contributed by atoms with Crippen molar-refractivity contribution >= 4 is 36.9 Å². The number of carbonyl (C=O) groups excluding carboxylic acids is 1. The number of carbonyl (C=O) groups is 1. The Bertz CT molecular complexity index is 142. The summed E-state index contributed by atoms with van der Waals surface area (Å²) >= 11 is 0. The highest BCUT2D eigenvalue weighted by atomic mass is 35.5. The summed E-state index contributed by atoms with van der Waals surface area (Å²) in [6.07, 6.45) is 5.53. The Morgan fingerprint density at radius 1 is 1.44 bits per heavy atom. The van der Waals surface area contributed by atoms with Crippen LogP contribution < -0.4 is 0 Å². The van der Waals surface area contributed by atoms with Crippen LogP contribution in [0.2, 0.25) is 0 Å². The summed E-state index contributed by atoms with van der Waals surface area (Å²) in [5.74, 6) is -0.0532. The predicted molar refractivity (Wildman–Crippen MR) is 41.8 cm³/mol. The molecule has 52 valence electrons. The highest BCUT2D eigenvalue weighted by molar-refractivity contribution is 5.92. The molecule has 1 amide bonds. The molecule has 0 aliphatic carbocycles. The summed E-state index contributed by atoms with van der Waals surface area (Å²) in [5, 5.41) is 0. The Hall–Kier alpha value is -0.340. The number of nitrogens with zero attached hydrogens (tertiary/aromatic N) is 1. The lowest BCUT2D eigenvalue weighted by molar-refractivity contribution is -0.117. The standard InChI is InChI=1S/C5H5NO.2ClH/c7-5-3-1-2-4-6-5;;/h1-2,4H,3H2;2*1H. The maximum absolute atomic E-state index is 10.2. The molecule has 0 fully saturated rings. The third-order valence-corrected chi connectivity index (χ3v) is 0.733. The predicted octanol–water partition coefficient (Wildman–Crippen LogP) is 1.39. The smallest absolute Gasteiger partial charge is 0.249 e. The van der Waals surface area contributed by atoms with E-state index >= 15 is 0 Å². The van der Waals surface area contributed by atoms with Crippen molar-refractivity contribution < 1.29 is 4.79 Å². The summed E-state index contributed by atoms with van der Waals surface area (Å²) in [6.45, 7) is 0. The molecule has 0 unspecified atom stereocenters. The molecule has 0 atom stereocenters. The van der Waals surface area contributed by atoms with Crippen molar-refractivity contribution in [3.8, 4) is 0 Å². The molecular formula is C5H7Cl2NO. The Morgan fingerprint density at radius 3 is 2.33 bits per heavy atom. The molecule has 2 nitrogen and oxygen atoms in total. The molecule has 9 heavy (non-hydrogen) atoms. The van der Waals surface area contributed by atoms with Gasteiger partial charge in [0, 0.05) is 12.6 Å². The minimum absolute atomic E-state index is 0. The van der Waals surface area contributed by atoms with Crippen molar-refractivity contribution in [2.45, 2.75) is 6.42 Å². The molecule has 1 rings (SSSR count). The third-order valence-electron chi connectivity index (χ3n) is 0.733. The lowest BCUT2D eigenvalue weighted by atomic mass is 10.3. The first-order valence-electron chi connectivity index (χ1n) is 2.11. The van der Waals surface area contributed by atoms with Gasteiger partial charge in [-0.1, -0.05) is 6.08 Å². The van der Waals surface area contributed by atoms with E-state index in [1.165, 1.54) is 6.21 Å². The normalized spacial score (nSPS) is 14.0. The second-order valence-electron chi connectivity index (χ2n) is 1.30. The van der Waals surface area contributed by atoms with Crippen LogP contribution in [0.4, 0.5) is 0 Å². The van der Waals surface area contributed by atoms with Crippen LogP contribution in [0.25, 0.3) is 0 Å². The largest absolute Gasteiger partial charge is 0.272 e. The highest BCUT2D eigenvalue weighted by Crippen LogP contribution is 1.90. The lowest BCUT2D eigenvalue weighted by Crippen LogP contribution is -1.93. The highest BCUT2D eigenvalue weighted by Gasteiger charge is 1.93. The number of dihydropyridines is 1. The van der Waals surface area contributed by atoms with Gasteiger partial charge in [-0.05, 0) is 6.08 Å². The fourth-order valence-corrected chi connectivity index (χ4v) is 0.409. The zero-order valence-corrected chi connectivity index (χ0v) is 6.24. The number of amides is 1. The van der Waals surface area contributed by atoms with Crippen molar-refractivity contribution in [2.75, 3.05) is 0 Å². The average molecular weight is 168 g/mol. The number of rotatable bonds is 0. The van der Waals surface area contributed by atoms with E-state index in [0.29, 0.717) is 6.42 Å². The van der Waals surface area contributed by atoms with Crippen LogP contribution in [0, 0.1) is 0 Å². The maximum atomic E-state index is 10.2. The monoisotopic (exact) mass is 167 g/mol. The number of halogens is 2. The summed E-state index contributed by atoms with van der Waals surface area (Å²) in [6, 6.07) is 0. The van der Waals surface area contributed by atoms with Crippen molar-refractivity contribution in [1.82, 2.24) is 0 Å². The fraction of sp³-hybridized carbons (Fsp3) is 0.200. The summed E-state index contributed by atoms with van der Waals surface area (Å²) in [4.78, 5) is 13.7. The molecule has 0 saturated carbocycles. The SMILES string of the molecule is Cl.Cl.O=C1CC=CC=N1. The van der Waals surface area contributed by atoms with Crippen LogP contribution >= 0.6 is 24.8 Å². The van der Waals surface area contributed by atoms with Crippen molar-refractivity contribution in [3.05, 3.63) is 12.2 Å². The van der Waals surface area contributed by atoms with Gasteiger partial charge in [0.05, 0.1) is 0 Å². The summed E-state index contributed by atoms with van der Waals surface area (Å²) in [7, 11) is 0. The van der Waals surface area contributed by atoms with Crippen LogP contribution in [0.5, 0.6) is 0 Å². The molecule has 0 aromatic heterocycles. The molecule has 0 spiro atoms. The van der Waals surface area contributed by atoms with Crippen molar-refractivity contribution in [2.24, 2.45) is 4.99 Å². The Morgan fingerprint density at radius 2 is 2.11 bits per heavy atom. The van der Waals surface area contributed by atoms with E-state index in [2.05, 4.69) is 4.99 Å². The molecule has 0 N–H and O–H groups in total. The lowest BCUT2D eigenvalue weighted by Gasteiger charge is -1.88. The van der Waals surface area contributed by atoms with Crippen LogP contribution in [-0.4, -0.2) is 12.1 Å². The number of hydrogen-bond acceptors (Lipinski definition) is 1. The number of aliphatic imine (C=N–C) groups is 1. The van der Waals surface area contributed by atoms with Gasteiger partial charge in [-0.2, -0.15) is 0 Å². The van der Waals surface area contributed by atoms with Crippen molar-refractivity contribution in [1.29, 1.82) is 0 Å². The topological polar surface area (TPSA) is 29.4 Å². The molecule has 0 aromatic rings. The van der Waals surface area contributed by atoms with E-state index in [1.807, 2.05) is 0 Å². The fourth-order valence-electron chi connectivity index (χ4n) is 0.409. The van der Waals surface area contributed by atoms with E-state index in [-0.39, 0.29) is 30.7 Å². The van der Waals surface area contributed by atoms with Gasteiger partial charge in [0.2, 0.25) is 5.91 Å². The Labute approximate surface area is 65.9 Å². The minimum atomic E-state index is -0.0532. The van der Waals surface area contributed by atoms with E-state index in [9.17, 15) is 4.79 Å². The van der Waals surface area contributed by atoms with Gasteiger partial charge in [0.15, 0.2) is 0 Å². The van der Waals surface area contributed by atoms with E-state index in [0.717, 1.165) is 0 Å². The Kier molecular flexibility index (Phi) is 7.37. The first-order chi connectivity index (χ1) is 3.39. The summed E-state index contributed by atoms with van der Waals surface area (Å²) < 4.78 is 0. The van der Waals surface area contributed by atoms with Gasteiger partial charge >= 0.3 is 0 Å². The van der Waals surface area contributed by atoms with Crippen LogP contribution in [0.15, 0.2) is 17.1 Å². The van der Waals surface area contributed by atoms with Crippen LogP contribution in [0.1, 0.15) is 6.42 Å². The van der Waals surface area contributed by atoms with Crippen LogP contribution in [-0.2, 0) is 4.79 Å². The molecular weight excluding hydrogens is 161 g/mol.